The van der Waals surface area contributed by atoms with Crippen LogP contribution in [0.1, 0.15) is 52.0 Å². The van der Waals surface area contributed by atoms with E-state index >= 15 is 0 Å². The summed E-state index contributed by atoms with van der Waals surface area (Å²) in [5.41, 5.74) is -0.567. The molecule has 0 radical (unpaired) electrons. The largest absolute Gasteiger partial charge is 0.418 e. The maximum Gasteiger partial charge on any atom is 0.418 e. The van der Waals surface area contributed by atoms with Gasteiger partial charge in [0.1, 0.15) is 0 Å². The summed E-state index contributed by atoms with van der Waals surface area (Å²) in [4.78, 5) is 0. The Morgan fingerprint density at radius 3 is 2.15 bits per heavy atom. The molecule has 0 atom stereocenters. The van der Waals surface area contributed by atoms with E-state index in [0.717, 1.165) is 18.9 Å². The molecule has 2 N–H and O–H groups in total. The quantitative estimate of drug-likeness (QED) is 0.781. The summed E-state index contributed by atoms with van der Waals surface area (Å²) in [6.45, 7) is 5.42. The minimum atomic E-state index is -4.38. The Morgan fingerprint density at radius 2 is 1.62 bits per heavy atom. The second-order valence-electron chi connectivity index (χ2n) is 7.88. The molecule has 26 heavy (non-hydrogen) atoms. The van der Waals surface area contributed by atoms with Gasteiger partial charge in [-0.2, -0.15) is 13.2 Å². The van der Waals surface area contributed by atoms with E-state index in [-0.39, 0.29) is 17.6 Å². The molecule has 1 aliphatic rings. The van der Waals surface area contributed by atoms with Crippen LogP contribution < -0.4 is 10.0 Å². The van der Waals surface area contributed by atoms with Gasteiger partial charge in [0.25, 0.3) is 0 Å². The molecular weight excluding hydrogens is 365 g/mol. The van der Waals surface area contributed by atoms with Gasteiger partial charge in [0.05, 0.1) is 10.3 Å². The molecule has 1 saturated carbocycles. The number of sulfonamides is 1. The first-order chi connectivity index (χ1) is 11.9. The van der Waals surface area contributed by atoms with Gasteiger partial charge in [0, 0.05) is 18.3 Å². The van der Waals surface area contributed by atoms with Crippen molar-refractivity contribution in [1.29, 1.82) is 0 Å². The summed E-state index contributed by atoms with van der Waals surface area (Å²) in [6.07, 6.45) is -1.44. The number of para-hydroxylation sites is 1. The lowest BCUT2D eigenvalue weighted by Gasteiger charge is -2.31. The highest BCUT2D eigenvalue weighted by atomic mass is 32.2. The van der Waals surface area contributed by atoms with Gasteiger partial charge in [-0.05, 0) is 64.5 Å². The zero-order valence-electron chi connectivity index (χ0n) is 15.4. The highest BCUT2D eigenvalue weighted by molar-refractivity contribution is 7.90. The van der Waals surface area contributed by atoms with E-state index in [1.54, 1.807) is 26.8 Å². The normalized spacial score (nSPS) is 22.2. The van der Waals surface area contributed by atoms with Gasteiger partial charge in [-0.3, -0.25) is 0 Å². The highest BCUT2D eigenvalue weighted by Crippen LogP contribution is 2.35. The average Bonchev–Trinajstić information content (AvgIpc) is 2.52. The summed E-state index contributed by atoms with van der Waals surface area (Å²) in [5, 5.41) is 2.92. The molecule has 1 aromatic rings. The topological polar surface area (TPSA) is 58.2 Å². The molecule has 148 valence electrons. The molecule has 0 unspecified atom stereocenters. The van der Waals surface area contributed by atoms with Crippen molar-refractivity contribution in [3.63, 3.8) is 0 Å². The number of hydrogen-bond acceptors (Lipinski definition) is 3. The first-order valence-electron chi connectivity index (χ1n) is 8.82. The third-order valence-corrected chi connectivity index (χ3v) is 7.04. The van der Waals surface area contributed by atoms with E-state index in [9.17, 15) is 21.6 Å². The first-order valence-corrected chi connectivity index (χ1v) is 10.3. The van der Waals surface area contributed by atoms with Crippen molar-refractivity contribution in [3.05, 3.63) is 29.8 Å². The predicted octanol–water partition coefficient (Wildman–Crippen LogP) is 4.39. The van der Waals surface area contributed by atoms with Gasteiger partial charge in [-0.15, -0.1) is 0 Å². The molecule has 1 fully saturated rings. The van der Waals surface area contributed by atoms with Gasteiger partial charge in [-0.1, -0.05) is 12.1 Å². The number of hydrogen-bond donors (Lipinski definition) is 2. The van der Waals surface area contributed by atoms with Crippen LogP contribution >= 0.6 is 0 Å². The summed E-state index contributed by atoms with van der Waals surface area (Å²) >= 11 is 0. The van der Waals surface area contributed by atoms with Crippen LogP contribution in [-0.4, -0.2) is 25.8 Å². The van der Waals surface area contributed by atoms with Crippen LogP contribution in [-0.2, 0) is 16.2 Å². The van der Waals surface area contributed by atoms with Crippen molar-refractivity contribution in [2.24, 2.45) is 5.92 Å². The van der Waals surface area contributed by atoms with Gasteiger partial charge in [0.15, 0.2) is 0 Å². The second-order valence-corrected chi connectivity index (χ2v) is 10.3. The number of alkyl halides is 3. The molecule has 0 heterocycles. The second kappa shape index (κ2) is 7.76. The Kier molecular flexibility index (Phi) is 6.28. The Labute approximate surface area is 153 Å². The Morgan fingerprint density at radius 1 is 1.04 bits per heavy atom. The zero-order chi connectivity index (χ0) is 19.6. The van der Waals surface area contributed by atoms with Gasteiger partial charge < -0.3 is 5.32 Å². The molecule has 0 spiro atoms. The maximum atomic E-state index is 13.0. The van der Waals surface area contributed by atoms with Crippen molar-refractivity contribution in [3.8, 4) is 0 Å². The minimum Gasteiger partial charge on any atom is -0.384 e. The number of rotatable bonds is 5. The lowest BCUT2D eigenvalue weighted by Crippen LogP contribution is -2.46. The van der Waals surface area contributed by atoms with Gasteiger partial charge >= 0.3 is 6.18 Å². The standard InChI is InChI=1S/C18H27F3N2O2S/c1-17(2,3)26(24,25)23-14-10-8-13(9-11-14)12-22-16-7-5-4-6-15(16)18(19,20)21/h4-7,13-14,22-23H,8-12H2,1-3H3. The molecule has 0 aromatic heterocycles. The molecule has 2 rings (SSSR count). The lowest BCUT2D eigenvalue weighted by molar-refractivity contribution is -0.137. The summed E-state index contributed by atoms with van der Waals surface area (Å²) in [5.74, 6) is 0.228. The highest BCUT2D eigenvalue weighted by Gasteiger charge is 2.34. The van der Waals surface area contributed by atoms with Crippen LogP contribution in [0.15, 0.2) is 24.3 Å². The predicted molar refractivity (Wildman–Crippen MR) is 97.5 cm³/mol. The lowest BCUT2D eigenvalue weighted by atomic mass is 9.86. The Bertz CT molecular complexity index is 704. The van der Waals surface area contributed by atoms with Crippen LogP contribution in [0.25, 0.3) is 0 Å². The van der Waals surface area contributed by atoms with Crippen LogP contribution in [0.3, 0.4) is 0 Å². The van der Waals surface area contributed by atoms with E-state index in [1.807, 2.05) is 0 Å². The molecule has 0 amide bonds. The first kappa shape index (κ1) is 21.0. The van der Waals surface area contributed by atoms with Crippen LogP contribution in [0, 0.1) is 5.92 Å². The molecule has 1 aromatic carbocycles. The molecule has 0 bridgehead atoms. The number of benzene rings is 1. The minimum absolute atomic E-state index is 0.0931. The zero-order valence-corrected chi connectivity index (χ0v) is 16.2. The van der Waals surface area contributed by atoms with E-state index in [2.05, 4.69) is 10.0 Å². The SMILES string of the molecule is CC(C)(C)S(=O)(=O)NC1CCC(CNc2ccccc2C(F)(F)F)CC1. The third-order valence-electron chi connectivity index (χ3n) is 4.79. The number of halogens is 3. The molecule has 0 saturated heterocycles. The van der Waals surface area contributed by atoms with Crippen molar-refractivity contribution < 1.29 is 21.6 Å². The summed E-state index contributed by atoms with van der Waals surface area (Å²) in [7, 11) is -3.38. The Balaban J connectivity index is 1.87. The van der Waals surface area contributed by atoms with E-state index in [0.29, 0.717) is 19.4 Å². The van der Waals surface area contributed by atoms with Gasteiger partial charge in [0.2, 0.25) is 10.0 Å². The average molecular weight is 392 g/mol. The molecule has 0 aliphatic heterocycles. The monoisotopic (exact) mass is 392 g/mol. The molecule has 1 aliphatic carbocycles. The molecule has 8 heteroatoms. The third kappa shape index (κ3) is 5.36. The fourth-order valence-corrected chi connectivity index (χ4v) is 4.05. The van der Waals surface area contributed by atoms with Crippen molar-refractivity contribution in [2.45, 2.75) is 63.4 Å². The van der Waals surface area contributed by atoms with Crippen LogP contribution in [0.5, 0.6) is 0 Å². The summed E-state index contributed by atoms with van der Waals surface area (Å²) < 4.78 is 65.4. The molecule has 4 nitrogen and oxygen atoms in total. The van der Waals surface area contributed by atoms with E-state index < -0.39 is 26.5 Å². The van der Waals surface area contributed by atoms with Crippen molar-refractivity contribution >= 4 is 15.7 Å². The molecular formula is C18H27F3N2O2S. The van der Waals surface area contributed by atoms with Crippen LogP contribution in [0.4, 0.5) is 18.9 Å². The van der Waals surface area contributed by atoms with Crippen molar-refractivity contribution in [1.82, 2.24) is 4.72 Å². The number of nitrogens with one attached hydrogen (secondary N) is 2. The fourth-order valence-electron chi connectivity index (χ4n) is 3.02. The van der Waals surface area contributed by atoms with Gasteiger partial charge in [-0.25, -0.2) is 13.1 Å². The number of anilines is 1. The van der Waals surface area contributed by atoms with E-state index in [4.69, 9.17) is 0 Å². The van der Waals surface area contributed by atoms with Crippen molar-refractivity contribution in [2.75, 3.05) is 11.9 Å². The summed E-state index contributed by atoms with van der Waals surface area (Å²) in [6, 6.07) is 5.36. The fraction of sp³-hybridized carbons (Fsp3) is 0.667. The Hall–Kier alpha value is -1.28. The smallest absolute Gasteiger partial charge is 0.384 e. The maximum absolute atomic E-state index is 13.0. The van der Waals surface area contributed by atoms with E-state index in [1.165, 1.54) is 12.1 Å². The van der Waals surface area contributed by atoms with Crippen LogP contribution in [0.2, 0.25) is 0 Å².